The van der Waals surface area contributed by atoms with Crippen molar-refractivity contribution in [1.82, 2.24) is 0 Å². The van der Waals surface area contributed by atoms with Gasteiger partial charge in [-0.25, -0.2) is 4.79 Å². The van der Waals surface area contributed by atoms with E-state index in [0.29, 0.717) is 29.6 Å². The maximum Gasteiger partial charge on any atom is 0.329 e. The molecule has 0 bridgehead atoms. The minimum Gasteiger partial charge on any atom is -0.493 e. The predicted octanol–water partition coefficient (Wildman–Crippen LogP) is 3.46. The van der Waals surface area contributed by atoms with E-state index >= 15 is 0 Å². The fourth-order valence-corrected chi connectivity index (χ4v) is 4.64. The zero-order chi connectivity index (χ0) is 24.0. The number of benzene rings is 2. The molecule has 2 aromatic carbocycles. The highest BCUT2D eigenvalue weighted by Crippen LogP contribution is 2.47. The summed E-state index contributed by atoms with van der Waals surface area (Å²) >= 11 is 0. The van der Waals surface area contributed by atoms with Crippen molar-refractivity contribution in [3.8, 4) is 23.0 Å². The van der Waals surface area contributed by atoms with Gasteiger partial charge in [0.15, 0.2) is 17.6 Å². The van der Waals surface area contributed by atoms with Gasteiger partial charge >= 0.3 is 5.97 Å². The van der Waals surface area contributed by atoms with E-state index in [1.54, 1.807) is 14.2 Å². The van der Waals surface area contributed by atoms with Crippen LogP contribution in [0.25, 0.3) is 0 Å². The number of fused-ring (bicyclic) bond motifs is 4. The first kappa shape index (κ1) is 22.1. The molecular weight excluding hydrogens is 442 g/mol. The van der Waals surface area contributed by atoms with Crippen molar-refractivity contribution in [3.63, 3.8) is 0 Å². The van der Waals surface area contributed by atoms with Crippen LogP contribution in [-0.4, -0.2) is 56.4 Å². The number of rotatable bonds is 7. The lowest BCUT2D eigenvalue weighted by atomic mass is 9.83. The number of carboxylic acid groups (broad SMARTS) is 1. The predicted molar refractivity (Wildman–Crippen MR) is 121 cm³/mol. The van der Waals surface area contributed by atoms with Gasteiger partial charge in [0.25, 0.3) is 0 Å². The maximum atomic E-state index is 11.1. The van der Waals surface area contributed by atoms with E-state index in [1.807, 2.05) is 37.3 Å². The molecular formula is C25H25NO8. The molecule has 0 saturated carbocycles. The molecule has 3 aliphatic heterocycles. The number of nitrogens with zero attached hydrogens (tertiary/aromatic N) is 1. The number of carbonyl (C=O) groups is 1. The average molecular weight is 467 g/mol. The summed E-state index contributed by atoms with van der Waals surface area (Å²) in [4.78, 5) is 16.9. The summed E-state index contributed by atoms with van der Waals surface area (Å²) in [6.45, 7) is 5.70. The molecule has 9 heteroatoms. The van der Waals surface area contributed by atoms with Gasteiger partial charge in [0.2, 0.25) is 0 Å². The van der Waals surface area contributed by atoms with Crippen LogP contribution in [-0.2, 0) is 14.4 Å². The zero-order valence-corrected chi connectivity index (χ0v) is 19.1. The second kappa shape index (κ2) is 8.57. The van der Waals surface area contributed by atoms with Crippen LogP contribution in [0.15, 0.2) is 47.6 Å². The molecule has 4 atom stereocenters. The summed E-state index contributed by atoms with van der Waals surface area (Å²) in [5.41, 5.74) is 3.94. The van der Waals surface area contributed by atoms with E-state index in [4.69, 9.17) is 33.6 Å². The lowest BCUT2D eigenvalue weighted by Crippen LogP contribution is -2.32. The number of aliphatic carboxylic acids is 1. The van der Waals surface area contributed by atoms with Crippen molar-refractivity contribution in [3.05, 3.63) is 59.2 Å². The minimum absolute atomic E-state index is 0.181. The standard InChI is InChI=1S/C25H25NO8/c1-12(2)24-25(32-11-21(27)28)15-7-13(5-6-16(15)33-24)23-22-14-8-18(29-3)19(30-4)9-17(14)31-10-20(22)34-26-23/h5-9,20,22,24-25H,1,10-11H2,2-4H3,(H,27,28)/t20?,22?,24-,25?/m0/s1. The largest absolute Gasteiger partial charge is 0.493 e. The molecule has 3 unspecified atom stereocenters. The third-order valence-electron chi connectivity index (χ3n) is 6.22. The first-order chi connectivity index (χ1) is 16.4. The second-order valence-corrected chi connectivity index (χ2v) is 8.42. The van der Waals surface area contributed by atoms with Gasteiger partial charge in [-0.05, 0) is 36.8 Å². The van der Waals surface area contributed by atoms with Crippen LogP contribution in [0.2, 0.25) is 0 Å². The number of hydrogen-bond acceptors (Lipinski definition) is 8. The zero-order valence-electron chi connectivity index (χ0n) is 19.1. The van der Waals surface area contributed by atoms with Crippen LogP contribution in [0, 0.1) is 0 Å². The summed E-state index contributed by atoms with van der Waals surface area (Å²) in [5.74, 6) is 1.25. The van der Waals surface area contributed by atoms with Gasteiger partial charge in [0.1, 0.15) is 36.9 Å². The fraction of sp³-hybridized carbons (Fsp3) is 0.360. The Labute approximate surface area is 196 Å². The van der Waals surface area contributed by atoms with Crippen molar-refractivity contribution in [2.45, 2.75) is 31.2 Å². The van der Waals surface area contributed by atoms with E-state index in [-0.39, 0.29) is 12.0 Å². The monoisotopic (exact) mass is 467 g/mol. The summed E-state index contributed by atoms with van der Waals surface area (Å²) in [5, 5.41) is 13.5. The number of methoxy groups -OCH3 is 2. The van der Waals surface area contributed by atoms with Crippen LogP contribution < -0.4 is 18.9 Å². The van der Waals surface area contributed by atoms with Gasteiger partial charge in [-0.2, -0.15) is 0 Å². The third-order valence-corrected chi connectivity index (χ3v) is 6.22. The molecule has 3 aliphatic rings. The Hall–Kier alpha value is -3.72. The molecule has 0 saturated heterocycles. The average Bonchev–Trinajstić information content (AvgIpc) is 3.43. The van der Waals surface area contributed by atoms with E-state index < -0.39 is 24.8 Å². The van der Waals surface area contributed by atoms with Crippen LogP contribution in [0.1, 0.15) is 35.6 Å². The van der Waals surface area contributed by atoms with Crippen molar-refractivity contribution in [2.75, 3.05) is 27.4 Å². The van der Waals surface area contributed by atoms with E-state index in [2.05, 4.69) is 11.7 Å². The van der Waals surface area contributed by atoms with Gasteiger partial charge in [-0.15, -0.1) is 0 Å². The molecule has 0 aliphatic carbocycles. The molecule has 9 nitrogen and oxygen atoms in total. The van der Waals surface area contributed by atoms with Crippen LogP contribution in [0.3, 0.4) is 0 Å². The lowest BCUT2D eigenvalue weighted by molar-refractivity contribution is -0.145. The van der Waals surface area contributed by atoms with Gasteiger partial charge in [-0.3, -0.25) is 0 Å². The van der Waals surface area contributed by atoms with Crippen LogP contribution in [0.5, 0.6) is 23.0 Å². The summed E-state index contributed by atoms with van der Waals surface area (Å²) < 4.78 is 28.5. The molecule has 178 valence electrons. The van der Waals surface area contributed by atoms with Crippen LogP contribution in [0.4, 0.5) is 0 Å². The van der Waals surface area contributed by atoms with Crippen LogP contribution >= 0.6 is 0 Å². The Kier molecular flexibility index (Phi) is 5.57. The van der Waals surface area contributed by atoms with Crippen molar-refractivity contribution < 1.29 is 38.4 Å². The Morgan fingerprint density at radius 1 is 1.15 bits per heavy atom. The van der Waals surface area contributed by atoms with E-state index in [1.165, 1.54) is 0 Å². The van der Waals surface area contributed by atoms with Gasteiger partial charge < -0.3 is 33.6 Å². The number of ether oxygens (including phenoxy) is 5. The summed E-state index contributed by atoms with van der Waals surface area (Å²) in [6.07, 6.45) is -1.35. The molecule has 0 fully saturated rings. The molecule has 0 amide bonds. The van der Waals surface area contributed by atoms with E-state index in [9.17, 15) is 4.79 Å². The first-order valence-corrected chi connectivity index (χ1v) is 10.8. The van der Waals surface area contributed by atoms with E-state index in [0.717, 1.165) is 28.0 Å². The highest BCUT2D eigenvalue weighted by Gasteiger charge is 2.43. The topological polar surface area (TPSA) is 105 Å². The Morgan fingerprint density at radius 3 is 2.62 bits per heavy atom. The number of hydrogen-bond donors (Lipinski definition) is 1. The number of oxime groups is 1. The Bertz CT molecular complexity index is 1190. The smallest absolute Gasteiger partial charge is 0.329 e. The molecule has 0 radical (unpaired) electrons. The van der Waals surface area contributed by atoms with Gasteiger partial charge in [0.05, 0.1) is 25.8 Å². The van der Waals surface area contributed by atoms with Crippen molar-refractivity contribution in [2.24, 2.45) is 5.16 Å². The Morgan fingerprint density at radius 2 is 1.91 bits per heavy atom. The molecule has 34 heavy (non-hydrogen) atoms. The molecule has 0 aromatic heterocycles. The summed E-state index contributed by atoms with van der Waals surface area (Å²) in [7, 11) is 3.16. The third kappa shape index (κ3) is 3.62. The fourth-order valence-electron chi connectivity index (χ4n) is 4.64. The highest BCUT2D eigenvalue weighted by atomic mass is 16.7. The SMILES string of the molecule is C=C(C)[C@@H]1Oc2ccc(C3=NOC4COc5cc(OC)c(OC)cc5C34)cc2C1OCC(=O)O. The molecule has 0 spiro atoms. The van der Waals surface area contributed by atoms with Crippen molar-refractivity contribution >= 4 is 11.7 Å². The second-order valence-electron chi connectivity index (χ2n) is 8.42. The van der Waals surface area contributed by atoms with Crippen molar-refractivity contribution in [1.29, 1.82) is 0 Å². The highest BCUT2D eigenvalue weighted by molar-refractivity contribution is 6.07. The minimum atomic E-state index is -1.05. The number of carboxylic acids is 1. The maximum absolute atomic E-state index is 11.1. The molecule has 3 heterocycles. The Balaban J connectivity index is 1.52. The molecule has 5 rings (SSSR count). The first-order valence-electron chi connectivity index (χ1n) is 10.8. The van der Waals surface area contributed by atoms with Gasteiger partial charge in [-0.1, -0.05) is 11.7 Å². The molecule has 1 N–H and O–H groups in total. The lowest BCUT2D eigenvalue weighted by Gasteiger charge is -2.28. The normalized spacial score (nSPS) is 23.9. The molecule has 2 aromatic rings. The quantitative estimate of drug-likeness (QED) is 0.618. The summed E-state index contributed by atoms with van der Waals surface area (Å²) in [6, 6.07) is 9.38. The van der Waals surface area contributed by atoms with Gasteiger partial charge in [0, 0.05) is 22.8 Å².